The molecule has 1 atom stereocenters. The van der Waals surface area contributed by atoms with Gasteiger partial charge in [0, 0.05) is 47.1 Å². The average Bonchev–Trinajstić information content (AvgIpc) is 3.32. The van der Waals surface area contributed by atoms with E-state index in [4.69, 9.17) is 21.1 Å². The predicted octanol–water partition coefficient (Wildman–Crippen LogP) is 6.04. The largest absolute Gasteiger partial charge is 0.497 e. The molecule has 0 saturated carbocycles. The van der Waals surface area contributed by atoms with Gasteiger partial charge in [-0.15, -0.1) is 11.6 Å². The van der Waals surface area contributed by atoms with E-state index in [9.17, 15) is 4.79 Å². The summed E-state index contributed by atoms with van der Waals surface area (Å²) in [7, 11) is 5.40. The van der Waals surface area contributed by atoms with Gasteiger partial charge in [-0.05, 0) is 42.3 Å². The number of alkyl halides is 1. The topological polar surface area (TPSA) is 43.7 Å². The fraction of sp³-hybridized carbons (Fsp3) is 0.250. The number of carbonyl (C=O) groups is 1. The first kappa shape index (κ1) is 22.4. The van der Waals surface area contributed by atoms with Gasteiger partial charge in [-0.25, -0.2) is 0 Å². The molecule has 4 aromatic rings. The van der Waals surface area contributed by atoms with Crippen LogP contribution in [0.2, 0.25) is 0 Å². The first-order valence-electron chi connectivity index (χ1n) is 11.4. The predicted molar refractivity (Wildman–Crippen MR) is 136 cm³/mol. The first-order valence-corrected chi connectivity index (χ1v) is 11.9. The van der Waals surface area contributed by atoms with E-state index in [1.807, 2.05) is 53.4 Å². The quantitative estimate of drug-likeness (QED) is 0.307. The minimum atomic E-state index is -0.232. The Morgan fingerprint density at radius 3 is 2.47 bits per heavy atom. The summed E-state index contributed by atoms with van der Waals surface area (Å²) in [4.78, 5) is 15.5. The van der Waals surface area contributed by atoms with Gasteiger partial charge in [0.05, 0.1) is 26.0 Å². The number of hydrogen-bond acceptors (Lipinski definition) is 3. The number of ether oxygens (including phenoxy) is 2. The highest BCUT2D eigenvalue weighted by molar-refractivity contribution is 6.17. The third-order valence-corrected chi connectivity index (χ3v) is 6.94. The number of hydrogen-bond donors (Lipinski definition) is 0. The molecule has 3 aromatic carbocycles. The molecule has 34 heavy (non-hydrogen) atoms. The molecule has 0 aliphatic carbocycles. The van der Waals surface area contributed by atoms with E-state index in [0.29, 0.717) is 12.4 Å². The number of aryl methyl sites for hydroxylation is 1. The number of methoxy groups -OCH3 is 2. The van der Waals surface area contributed by atoms with Gasteiger partial charge in [0.15, 0.2) is 0 Å². The van der Waals surface area contributed by atoms with Gasteiger partial charge in [-0.3, -0.25) is 4.79 Å². The van der Waals surface area contributed by atoms with Gasteiger partial charge in [0.2, 0.25) is 0 Å². The standard InChI is InChI=1S/C28H27ClN2O3/c1-30-23-12-7-6-11-21(23)25(26(30)22-17-18(33-2)13-14-24(22)34-3)27-19-9-4-5-10-20(19)28(32)31(27)16-8-15-29/h4-7,9-14,17,27H,8,15-16H2,1-3H3. The van der Waals surface area contributed by atoms with E-state index in [2.05, 4.69) is 29.8 Å². The third kappa shape index (κ3) is 3.43. The number of halogens is 1. The molecule has 6 heteroatoms. The molecule has 0 spiro atoms. The minimum absolute atomic E-state index is 0.0437. The number of amides is 1. The van der Waals surface area contributed by atoms with Crippen LogP contribution in [0.5, 0.6) is 11.5 Å². The summed E-state index contributed by atoms with van der Waals surface area (Å²) in [6.07, 6.45) is 0.723. The van der Waals surface area contributed by atoms with Gasteiger partial charge in [0.25, 0.3) is 5.91 Å². The van der Waals surface area contributed by atoms with Crippen LogP contribution in [0.15, 0.2) is 66.7 Å². The van der Waals surface area contributed by atoms with E-state index in [-0.39, 0.29) is 11.9 Å². The van der Waals surface area contributed by atoms with Crippen molar-refractivity contribution >= 4 is 28.4 Å². The second kappa shape index (κ2) is 9.07. The monoisotopic (exact) mass is 474 g/mol. The van der Waals surface area contributed by atoms with Crippen molar-refractivity contribution in [3.05, 3.63) is 83.4 Å². The molecule has 5 nitrogen and oxygen atoms in total. The summed E-state index contributed by atoms with van der Waals surface area (Å²) in [5.74, 6) is 2.04. The molecular formula is C28H27ClN2O3. The third-order valence-electron chi connectivity index (χ3n) is 6.67. The molecule has 1 aromatic heterocycles. The van der Waals surface area contributed by atoms with Crippen molar-refractivity contribution in [2.75, 3.05) is 26.6 Å². The van der Waals surface area contributed by atoms with Crippen LogP contribution in [0.25, 0.3) is 22.2 Å². The smallest absolute Gasteiger partial charge is 0.255 e. The maximum absolute atomic E-state index is 13.5. The minimum Gasteiger partial charge on any atom is -0.497 e. The Morgan fingerprint density at radius 1 is 0.941 bits per heavy atom. The number of benzene rings is 3. The highest BCUT2D eigenvalue weighted by Gasteiger charge is 2.40. The van der Waals surface area contributed by atoms with Gasteiger partial charge in [-0.2, -0.15) is 0 Å². The molecule has 0 saturated heterocycles. The zero-order valence-corrected chi connectivity index (χ0v) is 20.3. The van der Waals surface area contributed by atoms with E-state index >= 15 is 0 Å². The van der Waals surface area contributed by atoms with Gasteiger partial charge in [0.1, 0.15) is 11.5 Å². The number of fused-ring (bicyclic) bond motifs is 2. The zero-order valence-electron chi connectivity index (χ0n) is 19.5. The van der Waals surface area contributed by atoms with Crippen molar-refractivity contribution < 1.29 is 14.3 Å². The second-order valence-electron chi connectivity index (χ2n) is 8.44. The van der Waals surface area contributed by atoms with E-state index < -0.39 is 0 Å². The summed E-state index contributed by atoms with van der Waals surface area (Å²) in [5, 5.41) is 1.11. The first-order chi connectivity index (χ1) is 16.6. The summed E-state index contributed by atoms with van der Waals surface area (Å²) < 4.78 is 13.5. The van der Waals surface area contributed by atoms with Crippen molar-refractivity contribution in [2.45, 2.75) is 12.5 Å². The number of para-hydroxylation sites is 1. The Bertz CT molecular complexity index is 1380. The molecule has 2 heterocycles. The fourth-order valence-electron chi connectivity index (χ4n) is 5.17. The van der Waals surface area contributed by atoms with Crippen LogP contribution >= 0.6 is 11.6 Å². The van der Waals surface area contributed by atoms with E-state index in [1.54, 1.807) is 14.2 Å². The lowest BCUT2D eigenvalue weighted by Gasteiger charge is -2.27. The maximum Gasteiger partial charge on any atom is 0.255 e. The van der Waals surface area contributed by atoms with Gasteiger partial charge in [-0.1, -0.05) is 36.4 Å². The van der Waals surface area contributed by atoms with Crippen LogP contribution < -0.4 is 9.47 Å². The molecule has 0 bridgehead atoms. The van der Waals surface area contributed by atoms with Crippen LogP contribution in [0.4, 0.5) is 0 Å². The molecule has 1 unspecified atom stereocenters. The van der Waals surface area contributed by atoms with Crippen LogP contribution in [-0.4, -0.2) is 42.0 Å². The lowest BCUT2D eigenvalue weighted by Crippen LogP contribution is -2.30. The maximum atomic E-state index is 13.5. The van der Waals surface area contributed by atoms with Crippen LogP contribution in [-0.2, 0) is 7.05 Å². The van der Waals surface area contributed by atoms with Crippen molar-refractivity contribution in [3.8, 4) is 22.8 Å². The highest BCUT2D eigenvalue weighted by atomic mass is 35.5. The van der Waals surface area contributed by atoms with Crippen molar-refractivity contribution in [2.24, 2.45) is 7.05 Å². The Labute approximate surface area is 204 Å². The molecule has 1 aliphatic rings. The molecule has 5 rings (SSSR count). The van der Waals surface area contributed by atoms with Crippen molar-refractivity contribution in [1.29, 1.82) is 0 Å². The summed E-state index contributed by atoms with van der Waals surface area (Å²) in [6, 6.07) is 21.8. The number of nitrogens with zero attached hydrogens (tertiary/aromatic N) is 2. The normalized spacial score (nSPS) is 15.1. The zero-order chi connectivity index (χ0) is 23.8. The molecule has 0 radical (unpaired) electrons. The highest BCUT2D eigenvalue weighted by Crippen LogP contribution is 2.48. The Kier molecular flexibility index (Phi) is 5.96. The van der Waals surface area contributed by atoms with E-state index in [0.717, 1.165) is 56.8 Å². The fourth-order valence-corrected chi connectivity index (χ4v) is 5.29. The Balaban J connectivity index is 1.85. The molecule has 0 N–H and O–H groups in total. The van der Waals surface area contributed by atoms with Crippen LogP contribution in [0.3, 0.4) is 0 Å². The van der Waals surface area contributed by atoms with Gasteiger partial charge < -0.3 is 18.9 Å². The number of carbonyl (C=O) groups excluding carboxylic acids is 1. The lowest BCUT2D eigenvalue weighted by atomic mass is 9.92. The summed E-state index contributed by atoms with van der Waals surface area (Å²) >= 11 is 6.06. The molecular weight excluding hydrogens is 448 g/mol. The Morgan fingerprint density at radius 2 is 1.71 bits per heavy atom. The molecule has 1 aliphatic heterocycles. The second-order valence-corrected chi connectivity index (χ2v) is 8.81. The van der Waals surface area contributed by atoms with Crippen molar-refractivity contribution in [3.63, 3.8) is 0 Å². The van der Waals surface area contributed by atoms with Crippen molar-refractivity contribution in [1.82, 2.24) is 9.47 Å². The molecule has 0 fully saturated rings. The lowest BCUT2D eigenvalue weighted by molar-refractivity contribution is 0.0751. The Hall–Kier alpha value is -3.44. The summed E-state index contributed by atoms with van der Waals surface area (Å²) in [6.45, 7) is 0.583. The molecule has 174 valence electrons. The number of aromatic nitrogens is 1. The van der Waals surface area contributed by atoms with E-state index in [1.165, 1.54) is 0 Å². The summed E-state index contributed by atoms with van der Waals surface area (Å²) in [5.41, 5.74) is 5.86. The number of rotatable bonds is 7. The SMILES string of the molecule is COc1ccc(OC)c(-c2c(C3c4ccccc4C(=O)N3CCCCl)c3ccccc3n2C)c1. The van der Waals surface area contributed by atoms with Gasteiger partial charge >= 0.3 is 0 Å². The van der Waals surface area contributed by atoms with Crippen LogP contribution in [0.1, 0.15) is 33.9 Å². The average molecular weight is 475 g/mol. The molecule has 1 amide bonds. The van der Waals surface area contributed by atoms with Crippen LogP contribution in [0, 0.1) is 0 Å².